The smallest absolute Gasteiger partial charge is 0.0589 e. The molecule has 80 valence electrons. The highest BCUT2D eigenvalue weighted by Gasteiger charge is 2.11. The lowest BCUT2D eigenvalue weighted by atomic mass is 10.1. The van der Waals surface area contributed by atoms with E-state index in [1.807, 2.05) is 0 Å². The Labute approximate surface area is 82.2 Å². The van der Waals surface area contributed by atoms with Crippen molar-refractivity contribution in [3.63, 3.8) is 0 Å². The fourth-order valence-electron chi connectivity index (χ4n) is 1.38. The maximum atomic E-state index is 5.70. The largest absolute Gasteiger partial charge is 0.383 e. The van der Waals surface area contributed by atoms with Crippen LogP contribution in [-0.4, -0.2) is 44.8 Å². The maximum Gasteiger partial charge on any atom is 0.0589 e. The molecule has 0 aromatic carbocycles. The number of rotatable bonds is 8. The Morgan fingerprint density at radius 1 is 1.46 bits per heavy atom. The van der Waals surface area contributed by atoms with Gasteiger partial charge in [0.25, 0.3) is 0 Å². The lowest BCUT2D eigenvalue weighted by Gasteiger charge is -2.26. The van der Waals surface area contributed by atoms with Crippen LogP contribution >= 0.6 is 0 Å². The molecule has 1 atom stereocenters. The summed E-state index contributed by atoms with van der Waals surface area (Å²) in [5, 5.41) is 0. The minimum Gasteiger partial charge on any atom is -0.383 e. The van der Waals surface area contributed by atoms with Crippen molar-refractivity contribution in [3.05, 3.63) is 0 Å². The van der Waals surface area contributed by atoms with E-state index in [2.05, 4.69) is 18.9 Å². The van der Waals surface area contributed by atoms with Crippen LogP contribution in [0.1, 0.15) is 26.2 Å². The Kier molecular flexibility index (Phi) is 8.40. The standard InChI is InChI=1S/C10H24N2O/c1-4-5-6-10(9-11)12(2)7-8-13-3/h10H,4-9,11H2,1-3H3. The van der Waals surface area contributed by atoms with E-state index in [-0.39, 0.29) is 0 Å². The predicted molar refractivity (Wildman–Crippen MR) is 56.9 cm³/mol. The summed E-state index contributed by atoms with van der Waals surface area (Å²) < 4.78 is 5.03. The first-order valence-electron chi connectivity index (χ1n) is 5.15. The van der Waals surface area contributed by atoms with Gasteiger partial charge in [0.05, 0.1) is 6.61 Å². The van der Waals surface area contributed by atoms with Gasteiger partial charge >= 0.3 is 0 Å². The van der Waals surface area contributed by atoms with Gasteiger partial charge in [-0.05, 0) is 13.5 Å². The molecule has 3 nitrogen and oxygen atoms in total. The van der Waals surface area contributed by atoms with Gasteiger partial charge in [0, 0.05) is 26.2 Å². The molecule has 0 fully saturated rings. The van der Waals surface area contributed by atoms with E-state index in [9.17, 15) is 0 Å². The lowest BCUT2D eigenvalue weighted by molar-refractivity contribution is 0.136. The summed E-state index contributed by atoms with van der Waals surface area (Å²) in [4.78, 5) is 2.29. The zero-order chi connectivity index (χ0) is 10.1. The second-order valence-corrected chi connectivity index (χ2v) is 3.51. The summed E-state index contributed by atoms with van der Waals surface area (Å²) in [6, 6.07) is 0.523. The normalized spacial score (nSPS) is 13.6. The minimum absolute atomic E-state index is 0.523. The molecule has 0 aliphatic carbocycles. The Morgan fingerprint density at radius 2 is 2.15 bits per heavy atom. The number of nitrogens with two attached hydrogens (primary N) is 1. The molecule has 0 aliphatic heterocycles. The van der Waals surface area contributed by atoms with Crippen LogP contribution in [-0.2, 0) is 4.74 Å². The van der Waals surface area contributed by atoms with Crippen LogP contribution in [0.5, 0.6) is 0 Å². The first kappa shape index (κ1) is 12.9. The second-order valence-electron chi connectivity index (χ2n) is 3.51. The highest BCUT2D eigenvalue weighted by atomic mass is 16.5. The van der Waals surface area contributed by atoms with Gasteiger partial charge in [-0.25, -0.2) is 0 Å². The van der Waals surface area contributed by atoms with E-state index in [0.29, 0.717) is 6.04 Å². The number of methoxy groups -OCH3 is 1. The van der Waals surface area contributed by atoms with Crippen molar-refractivity contribution in [2.75, 3.05) is 33.9 Å². The zero-order valence-corrected chi connectivity index (χ0v) is 9.25. The summed E-state index contributed by atoms with van der Waals surface area (Å²) >= 11 is 0. The predicted octanol–water partition coefficient (Wildman–Crippen LogP) is 1.08. The number of nitrogens with zero attached hydrogens (tertiary/aromatic N) is 1. The summed E-state index contributed by atoms with van der Waals surface area (Å²) in [6.07, 6.45) is 3.71. The number of likely N-dealkylation sites (N-methyl/N-ethyl adjacent to an activating group) is 1. The molecule has 0 rings (SSSR count). The molecule has 0 saturated carbocycles. The molecular formula is C10H24N2O. The Hall–Kier alpha value is -0.120. The van der Waals surface area contributed by atoms with E-state index < -0.39 is 0 Å². The van der Waals surface area contributed by atoms with E-state index >= 15 is 0 Å². The molecular weight excluding hydrogens is 164 g/mol. The Morgan fingerprint density at radius 3 is 2.62 bits per heavy atom. The van der Waals surface area contributed by atoms with Crippen molar-refractivity contribution >= 4 is 0 Å². The third-order valence-corrected chi connectivity index (χ3v) is 2.43. The van der Waals surface area contributed by atoms with Gasteiger partial charge in [-0.15, -0.1) is 0 Å². The van der Waals surface area contributed by atoms with Gasteiger partial charge in [-0.3, -0.25) is 4.90 Å². The molecule has 0 aromatic heterocycles. The molecule has 0 radical (unpaired) electrons. The van der Waals surface area contributed by atoms with E-state index in [0.717, 1.165) is 19.7 Å². The molecule has 0 saturated heterocycles. The van der Waals surface area contributed by atoms with Gasteiger partial charge in [-0.1, -0.05) is 19.8 Å². The molecule has 2 N–H and O–H groups in total. The van der Waals surface area contributed by atoms with Crippen LogP contribution in [0.25, 0.3) is 0 Å². The van der Waals surface area contributed by atoms with Gasteiger partial charge in [0.15, 0.2) is 0 Å². The second kappa shape index (κ2) is 8.48. The van der Waals surface area contributed by atoms with Crippen LogP contribution in [0.2, 0.25) is 0 Å². The molecule has 0 aromatic rings. The molecule has 3 heteroatoms. The summed E-state index contributed by atoms with van der Waals surface area (Å²) in [7, 11) is 3.85. The molecule has 0 aliphatic rings. The quantitative estimate of drug-likeness (QED) is 0.619. The Bertz CT molecular complexity index is 109. The van der Waals surface area contributed by atoms with Crippen molar-refractivity contribution in [2.24, 2.45) is 5.73 Å². The Balaban J connectivity index is 3.63. The number of hydrogen-bond donors (Lipinski definition) is 1. The highest BCUT2D eigenvalue weighted by Crippen LogP contribution is 2.05. The van der Waals surface area contributed by atoms with Gasteiger partial charge < -0.3 is 10.5 Å². The summed E-state index contributed by atoms with van der Waals surface area (Å²) in [6.45, 7) is 4.73. The monoisotopic (exact) mass is 188 g/mol. The minimum atomic E-state index is 0.523. The lowest BCUT2D eigenvalue weighted by Crippen LogP contribution is -2.39. The molecule has 0 spiro atoms. The SMILES string of the molecule is CCCCC(CN)N(C)CCOC. The number of ether oxygens (including phenoxy) is 1. The average Bonchev–Trinajstić information content (AvgIpc) is 2.16. The van der Waals surface area contributed by atoms with Crippen molar-refractivity contribution in [1.29, 1.82) is 0 Å². The average molecular weight is 188 g/mol. The van der Waals surface area contributed by atoms with Gasteiger partial charge in [0.1, 0.15) is 0 Å². The first-order chi connectivity index (χ1) is 6.26. The van der Waals surface area contributed by atoms with Crippen molar-refractivity contribution < 1.29 is 4.74 Å². The van der Waals surface area contributed by atoms with E-state index in [1.54, 1.807) is 7.11 Å². The fraction of sp³-hybridized carbons (Fsp3) is 1.00. The summed E-state index contributed by atoms with van der Waals surface area (Å²) in [5.41, 5.74) is 5.70. The molecule has 1 unspecified atom stereocenters. The molecule has 0 heterocycles. The summed E-state index contributed by atoms with van der Waals surface area (Å²) in [5.74, 6) is 0. The van der Waals surface area contributed by atoms with E-state index in [4.69, 9.17) is 10.5 Å². The number of hydrogen-bond acceptors (Lipinski definition) is 3. The van der Waals surface area contributed by atoms with Crippen molar-refractivity contribution in [1.82, 2.24) is 4.90 Å². The van der Waals surface area contributed by atoms with Crippen LogP contribution in [0.15, 0.2) is 0 Å². The van der Waals surface area contributed by atoms with Crippen molar-refractivity contribution in [2.45, 2.75) is 32.2 Å². The topological polar surface area (TPSA) is 38.5 Å². The third kappa shape index (κ3) is 6.02. The number of unbranched alkanes of at least 4 members (excludes halogenated alkanes) is 1. The van der Waals surface area contributed by atoms with Crippen molar-refractivity contribution in [3.8, 4) is 0 Å². The van der Waals surface area contributed by atoms with Crippen LogP contribution in [0.4, 0.5) is 0 Å². The van der Waals surface area contributed by atoms with Crippen LogP contribution in [0.3, 0.4) is 0 Å². The van der Waals surface area contributed by atoms with Gasteiger partial charge in [0.2, 0.25) is 0 Å². The molecule has 0 bridgehead atoms. The zero-order valence-electron chi connectivity index (χ0n) is 9.25. The highest BCUT2D eigenvalue weighted by molar-refractivity contribution is 4.69. The fourth-order valence-corrected chi connectivity index (χ4v) is 1.38. The first-order valence-corrected chi connectivity index (χ1v) is 5.15. The maximum absolute atomic E-state index is 5.70. The van der Waals surface area contributed by atoms with Gasteiger partial charge in [-0.2, -0.15) is 0 Å². The third-order valence-electron chi connectivity index (χ3n) is 2.43. The molecule has 13 heavy (non-hydrogen) atoms. The van der Waals surface area contributed by atoms with E-state index in [1.165, 1.54) is 19.3 Å². The molecule has 0 amide bonds. The van der Waals surface area contributed by atoms with Crippen LogP contribution < -0.4 is 5.73 Å². The van der Waals surface area contributed by atoms with Crippen LogP contribution in [0, 0.1) is 0 Å².